The van der Waals surface area contributed by atoms with E-state index in [4.69, 9.17) is 4.74 Å². The number of morpholine rings is 1. The maximum atomic E-state index is 5.33. The Hall–Kier alpha value is -0.860. The molecule has 0 saturated carbocycles. The fourth-order valence-corrected chi connectivity index (χ4v) is 1.87. The molecular formula is C13H19NO. The molecular weight excluding hydrogens is 186 g/mol. The van der Waals surface area contributed by atoms with Gasteiger partial charge in [-0.1, -0.05) is 29.8 Å². The van der Waals surface area contributed by atoms with Crippen molar-refractivity contribution < 1.29 is 4.74 Å². The first-order valence-corrected chi connectivity index (χ1v) is 5.70. The van der Waals surface area contributed by atoms with Crippen molar-refractivity contribution in [1.82, 2.24) is 4.90 Å². The highest BCUT2D eigenvalue weighted by atomic mass is 16.5. The Bertz CT molecular complexity index is 288. The minimum atomic E-state index is 0.897. The van der Waals surface area contributed by atoms with Crippen molar-refractivity contribution in [2.75, 3.05) is 32.8 Å². The molecule has 0 amide bonds. The highest BCUT2D eigenvalue weighted by Crippen LogP contribution is 2.05. The van der Waals surface area contributed by atoms with Gasteiger partial charge in [-0.15, -0.1) is 0 Å². The summed E-state index contributed by atoms with van der Waals surface area (Å²) in [6, 6.07) is 8.84. The molecule has 1 aliphatic heterocycles. The zero-order valence-corrected chi connectivity index (χ0v) is 9.41. The molecule has 1 aromatic rings. The number of nitrogens with zero attached hydrogens (tertiary/aromatic N) is 1. The molecule has 0 aliphatic carbocycles. The molecule has 15 heavy (non-hydrogen) atoms. The van der Waals surface area contributed by atoms with Crippen molar-refractivity contribution >= 4 is 0 Å². The summed E-state index contributed by atoms with van der Waals surface area (Å²) in [7, 11) is 0. The van der Waals surface area contributed by atoms with Gasteiger partial charge in [-0.3, -0.25) is 4.90 Å². The molecule has 0 spiro atoms. The number of benzene rings is 1. The lowest BCUT2D eigenvalue weighted by atomic mass is 10.1. The zero-order valence-electron chi connectivity index (χ0n) is 9.41. The summed E-state index contributed by atoms with van der Waals surface area (Å²) >= 11 is 0. The highest BCUT2D eigenvalue weighted by Gasteiger charge is 2.09. The average Bonchev–Trinajstić information content (AvgIpc) is 2.30. The van der Waals surface area contributed by atoms with E-state index in [-0.39, 0.29) is 0 Å². The van der Waals surface area contributed by atoms with E-state index in [0.717, 1.165) is 39.3 Å². The van der Waals surface area contributed by atoms with Crippen LogP contribution in [-0.4, -0.2) is 37.7 Å². The molecule has 0 aromatic heterocycles. The molecule has 1 aromatic carbocycles. The lowest BCUT2D eigenvalue weighted by Crippen LogP contribution is -2.37. The summed E-state index contributed by atoms with van der Waals surface area (Å²) in [6.45, 7) is 7.26. The van der Waals surface area contributed by atoms with Crippen LogP contribution in [0.25, 0.3) is 0 Å². The van der Waals surface area contributed by atoms with Gasteiger partial charge in [-0.25, -0.2) is 0 Å². The van der Waals surface area contributed by atoms with Crippen molar-refractivity contribution in [3.8, 4) is 0 Å². The van der Waals surface area contributed by atoms with Crippen LogP contribution in [0, 0.1) is 6.92 Å². The maximum Gasteiger partial charge on any atom is 0.0594 e. The molecule has 0 radical (unpaired) electrons. The zero-order chi connectivity index (χ0) is 10.5. The first kappa shape index (κ1) is 10.7. The molecule has 1 aliphatic rings. The largest absolute Gasteiger partial charge is 0.379 e. The molecule has 0 atom stereocenters. The fourth-order valence-electron chi connectivity index (χ4n) is 1.87. The van der Waals surface area contributed by atoms with E-state index in [9.17, 15) is 0 Å². The van der Waals surface area contributed by atoms with E-state index in [0.29, 0.717) is 0 Å². The highest BCUT2D eigenvalue weighted by molar-refractivity contribution is 5.21. The minimum Gasteiger partial charge on any atom is -0.379 e. The molecule has 2 nitrogen and oxygen atoms in total. The second-order valence-corrected chi connectivity index (χ2v) is 4.19. The standard InChI is InChI=1S/C13H19NO/c1-12-2-4-13(5-3-12)6-7-14-8-10-15-11-9-14/h2-5H,6-11H2,1H3. The lowest BCUT2D eigenvalue weighted by molar-refractivity contribution is 0.0384. The predicted molar refractivity (Wildman–Crippen MR) is 62.1 cm³/mol. The molecule has 82 valence electrons. The number of rotatable bonds is 3. The molecule has 2 rings (SSSR count). The maximum absolute atomic E-state index is 5.33. The van der Waals surface area contributed by atoms with Crippen LogP contribution in [0.15, 0.2) is 24.3 Å². The Morgan fingerprint density at radius 2 is 1.80 bits per heavy atom. The molecule has 0 unspecified atom stereocenters. The number of hydrogen-bond donors (Lipinski definition) is 0. The smallest absolute Gasteiger partial charge is 0.0594 e. The number of hydrogen-bond acceptors (Lipinski definition) is 2. The van der Waals surface area contributed by atoms with Crippen LogP contribution in [0.2, 0.25) is 0 Å². The third kappa shape index (κ3) is 3.33. The van der Waals surface area contributed by atoms with Crippen LogP contribution >= 0.6 is 0 Å². The van der Waals surface area contributed by atoms with E-state index < -0.39 is 0 Å². The van der Waals surface area contributed by atoms with E-state index in [1.54, 1.807) is 0 Å². The Kier molecular flexibility index (Phi) is 3.75. The van der Waals surface area contributed by atoms with Crippen molar-refractivity contribution in [3.05, 3.63) is 35.4 Å². The molecule has 2 heteroatoms. The van der Waals surface area contributed by atoms with Gasteiger partial charge >= 0.3 is 0 Å². The van der Waals surface area contributed by atoms with E-state index in [2.05, 4.69) is 36.1 Å². The van der Waals surface area contributed by atoms with Crippen molar-refractivity contribution in [2.24, 2.45) is 0 Å². The van der Waals surface area contributed by atoms with Gasteiger partial charge in [0.15, 0.2) is 0 Å². The predicted octanol–water partition coefficient (Wildman–Crippen LogP) is 1.87. The molecule has 0 N–H and O–H groups in total. The molecule has 0 bridgehead atoms. The number of ether oxygens (including phenoxy) is 1. The van der Waals surface area contributed by atoms with Crippen molar-refractivity contribution in [1.29, 1.82) is 0 Å². The van der Waals surface area contributed by atoms with E-state index in [1.807, 2.05) is 0 Å². The van der Waals surface area contributed by atoms with Gasteiger partial charge in [-0.2, -0.15) is 0 Å². The SMILES string of the molecule is Cc1ccc(CCN2CCOCC2)cc1. The molecule has 1 heterocycles. The second-order valence-electron chi connectivity index (χ2n) is 4.19. The fraction of sp³-hybridized carbons (Fsp3) is 0.538. The first-order valence-electron chi connectivity index (χ1n) is 5.70. The Morgan fingerprint density at radius 1 is 1.13 bits per heavy atom. The molecule has 1 fully saturated rings. The first-order chi connectivity index (χ1) is 7.34. The van der Waals surface area contributed by atoms with Gasteiger partial charge < -0.3 is 4.74 Å². The van der Waals surface area contributed by atoms with Crippen LogP contribution in [0.1, 0.15) is 11.1 Å². The van der Waals surface area contributed by atoms with Crippen LogP contribution in [0.4, 0.5) is 0 Å². The third-order valence-electron chi connectivity index (χ3n) is 2.94. The normalized spacial score (nSPS) is 17.9. The van der Waals surface area contributed by atoms with Crippen molar-refractivity contribution in [2.45, 2.75) is 13.3 Å². The number of aryl methyl sites for hydroxylation is 1. The van der Waals surface area contributed by atoms with Crippen LogP contribution in [-0.2, 0) is 11.2 Å². The monoisotopic (exact) mass is 205 g/mol. The van der Waals surface area contributed by atoms with Gasteiger partial charge in [0.25, 0.3) is 0 Å². The second kappa shape index (κ2) is 5.29. The summed E-state index contributed by atoms with van der Waals surface area (Å²) in [4.78, 5) is 2.48. The summed E-state index contributed by atoms with van der Waals surface area (Å²) in [5.74, 6) is 0. The van der Waals surface area contributed by atoms with Crippen LogP contribution in [0.5, 0.6) is 0 Å². The van der Waals surface area contributed by atoms with Gasteiger partial charge in [0.05, 0.1) is 13.2 Å². The summed E-state index contributed by atoms with van der Waals surface area (Å²) < 4.78 is 5.33. The summed E-state index contributed by atoms with van der Waals surface area (Å²) in [5.41, 5.74) is 2.78. The molecule has 1 saturated heterocycles. The van der Waals surface area contributed by atoms with Gasteiger partial charge in [0.2, 0.25) is 0 Å². The van der Waals surface area contributed by atoms with Crippen LogP contribution < -0.4 is 0 Å². The quantitative estimate of drug-likeness (QED) is 0.747. The average molecular weight is 205 g/mol. The third-order valence-corrected chi connectivity index (χ3v) is 2.94. The van der Waals surface area contributed by atoms with Crippen molar-refractivity contribution in [3.63, 3.8) is 0 Å². The summed E-state index contributed by atoms with van der Waals surface area (Å²) in [6.07, 6.45) is 1.15. The van der Waals surface area contributed by atoms with Gasteiger partial charge in [-0.05, 0) is 18.9 Å². The van der Waals surface area contributed by atoms with E-state index >= 15 is 0 Å². The Labute approximate surface area is 91.9 Å². The Morgan fingerprint density at radius 3 is 2.47 bits per heavy atom. The van der Waals surface area contributed by atoms with E-state index in [1.165, 1.54) is 11.1 Å². The van der Waals surface area contributed by atoms with Gasteiger partial charge in [0, 0.05) is 19.6 Å². The summed E-state index contributed by atoms with van der Waals surface area (Å²) in [5, 5.41) is 0. The lowest BCUT2D eigenvalue weighted by Gasteiger charge is -2.26. The minimum absolute atomic E-state index is 0.897. The topological polar surface area (TPSA) is 12.5 Å². The Balaban J connectivity index is 1.79. The van der Waals surface area contributed by atoms with Gasteiger partial charge in [0.1, 0.15) is 0 Å². The van der Waals surface area contributed by atoms with Crippen LogP contribution in [0.3, 0.4) is 0 Å².